The number of amides is 3. The van der Waals surface area contributed by atoms with Gasteiger partial charge in [-0.05, 0) is 29.8 Å². The van der Waals surface area contributed by atoms with E-state index in [-0.39, 0.29) is 17.7 Å². The van der Waals surface area contributed by atoms with Crippen LogP contribution in [0.5, 0.6) is 5.75 Å². The van der Waals surface area contributed by atoms with E-state index in [0.29, 0.717) is 21.1 Å². The molecule has 2 aromatic carbocycles. The van der Waals surface area contributed by atoms with Crippen molar-refractivity contribution in [2.24, 2.45) is 0 Å². The molecule has 0 aliphatic carbocycles. The number of nitrogens with zero attached hydrogens (tertiary/aromatic N) is 2. The molecule has 0 aromatic heterocycles. The van der Waals surface area contributed by atoms with Crippen LogP contribution in [0.4, 0.5) is 13.2 Å². The fourth-order valence-electron chi connectivity index (χ4n) is 3.02. The van der Waals surface area contributed by atoms with Crippen LogP contribution in [0.3, 0.4) is 0 Å². The number of benzene rings is 2. The van der Waals surface area contributed by atoms with Crippen molar-refractivity contribution >= 4 is 17.7 Å². The molecular formula is C20H17F3N2O4. The maximum atomic E-state index is 13.0. The molecule has 152 valence electrons. The highest BCUT2D eigenvalue weighted by molar-refractivity contribution is 6.22. The lowest BCUT2D eigenvalue weighted by atomic mass is 10.1. The maximum Gasteiger partial charge on any atom is 0.406 e. The molecule has 2 aromatic rings. The van der Waals surface area contributed by atoms with Crippen molar-refractivity contribution in [1.29, 1.82) is 0 Å². The van der Waals surface area contributed by atoms with Crippen molar-refractivity contribution in [3.63, 3.8) is 0 Å². The van der Waals surface area contributed by atoms with Crippen LogP contribution < -0.4 is 4.74 Å². The zero-order chi connectivity index (χ0) is 21.2. The van der Waals surface area contributed by atoms with Crippen LogP contribution in [0.2, 0.25) is 0 Å². The van der Waals surface area contributed by atoms with Gasteiger partial charge in [-0.1, -0.05) is 24.3 Å². The summed E-state index contributed by atoms with van der Waals surface area (Å²) in [7, 11) is 1.45. The Morgan fingerprint density at radius 2 is 1.55 bits per heavy atom. The Morgan fingerprint density at radius 1 is 1.00 bits per heavy atom. The van der Waals surface area contributed by atoms with Crippen LogP contribution in [0, 0.1) is 0 Å². The normalized spacial score (nSPS) is 13.4. The third kappa shape index (κ3) is 4.56. The van der Waals surface area contributed by atoms with E-state index in [0.717, 1.165) is 0 Å². The Balaban J connectivity index is 1.78. The Bertz CT molecular complexity index is 906. The largest absolute Gasteiger partial charge is 0.497 e. The molecule has 0 spiro atoms. The van der Waals surface area contributed by atoms with E-state index in [1.165, 1.54) is 31.4 Å². The van der Waals surface area contributed by atoms with Gasteiger partial charge < -0.3 is 9.64 Å². The minimum Gasteiger partial charge on any atom is -0.497 e. The average Bonchev–Trinajstić information content (AvgIpc) is 2.92. The van der Waals surface area contributed by atoms with Gasteiger partial charge in [-0.2, -0.15) is 13.2 Å². The second-order valence-electron chi connectivity index (χ2n) is 6.46. The van der Waals surface area contributed by atoms with Crippen LogP contribution in [-0.4, -0.2) is 53.9 Å². The number of ether oxygens (including phenoxy) is 1. The summed E-state index contributed by atoms with van der Waals surface area (Å²) in [5.74, 6) is -1.85. The molecule has 0 N–H and O–H groups in total. The number of carbonyl (C=O) groups excluding carboxylic acids is 3. The lowest BCUT2D eigenvalue weighted by Crippen LogP contribution is -2.45. The topological polar surface area (TPSA) is 66.9 Å². The molecule has 0 radical (unpaired) electrons. The third-order valence-corrected chi connectivity index (χ3v) is 4.43. The number of alkyl halides is 3. The first kappa shape index (κ1) is 20.4. The molecule has 1 aliphatic heterocycles. The zero-order valence-electron chi connectivity index (χ0n) is 15.4. The summed E-state index contributed by atoms with van der Waals surface area (Å²) in [6.07, 6.45) is -4.63. The standard InChI is InChI=1S/C20H17F3N2O4/c1-29-14-8-6-13(7-9-14)10-24(12-20(21,22)23)17(26)11-25-18(27)15-4-2-3-5-16(15)19(25)28/h2-9H,10-12H2,1H3. The van der Waals surface area contributed by atoms with Gasteiger partial charge in [0.2, 0.25) is 5.91 Å². The van der Waals surface area contributed by atoms with Crippen LogP contribution in [0.25, 0.3) is 0 Å². The molecule has 0 bridgehead atoms. The van der Waals surface area contributed by atoms with Gasteiger partial charge in [0.05, 0.1) is 18.2 Å². The summed E-state index contributed by atoms with van der Waals surface area (Å²) in [5, 5.41) is 0. The van der Waals surface area contributed by atoms with E-state index in [1.54, 1.807) is 24.3 Å². The number of halogens is 3. The first-order chi connectivity index (χ1) is 13.7. The predicted octanol–water partition coefficient (Wildman–Crippen LogP) is 2.88. The van der Waals surface area contributed by atoms with Gasteiger partial charge in [-0.15, -0.1) is 0 Å². The minimum atomic E-state index is -4.63. The highest BCUT2D eigenvalue weighted by atomic mass is 19.4. The molecule has 9 heteroatoms. The molecule has 6 nitrogen and oxygen atoms in total. The van der Waals surface area contributed by atoms with E-state index < -0.39 is 37.0 Å². The van der Waals surface area contributed by atoms with Gasteiger partial charge in [0.25, 0.3) is 11.8 Å². The van der Waals surface area contributed by atoms with Crippen molar-refractivity contribution in [3.8, 4) is 5.75 Å². The summed E-state index contributed by atoms with van der Waals surface area (Å²) in [6, 6.07) is 12.2. The minimum absolute atomic E-state index is 0.128. The van der Waals surface area contributed by atoms with E-state index in [1.807, 2.05) is 0 Å². The van der Waals surface area contributed by atoms with Gasteiger partial charge in [0.15, 0.2) is 0 Å². The molecule has 0 unspecified atom stereocenters. The van der Waals surface area contributed by atoms with E-state index >= 15 is 0 Å². The van der Waals surface area contributed by atoms with E-state index in [2.05, 4.69) is 0 Å². The number of imide groups is 1. The second-order valence-corrected chi connectivity index (χ2v) is 6.46. The van der Waals surface area contributed by atoms with Crippen LogP contribution in [0.15, 0.2) is 48.5 Å². The molecule has 1 heterocycles. The summed E-state index contributed by atoms with van der Waals surface area (Å²) in [4.78, 5) is 38.6. The summed E-state index contributed by atoms with van der Waals surface area (Å²) in [5.41, 5.74) is 0.705. The summed E-state index contributed by atoms with van der Waals surface area (Å²) < 4.78 is 44.0. The van der Waals surface area contributed by atoms with Crippen LogP contribution in [0.1, 0.15) is 26.3 Å². The molecule has 3 amide bonds. The van der Waals surface area contributed by atoms with E-state index in [9.17, 15) is 27.6 Å². The fourth-order valence-corrected chi connectivity index (χ4v) is 3.02. The van der Waals surface area contributed by atoms with Crippen molar-refractivity contribution in [2.75, 3.05) is 20.2 Å². The smallest absolute Gasteiger partial charge is 0.406 e. The number of methoxy groups -OCH3 is 1. The highest BCUT2D eigenvalue weighted by Gasteiger charge is 2.39. The average molecular weight is 406 g/mol. The number of hydrogen-bond acceptors (Lipinski definition) is 4. The van der Waals surface area contributed by atoms with Gasteiger partial charge in [-0.25, -0.2) is 0 Å². The van der Waals surface area contributed by atoms with Crippen molar-refractivity contribution in [1.82, 2.24) is 9.80 Å². The molecule has 0 fully saturated rings. The predicted molar refractivity (Wildman–Crippen MR) is 96.3 cm³/mol. The SMILES string of the molecule is COc1ccc(CN(CC(F)(F)F)C(=O)CN2C(=O)c3ccccc3C2=O)cc1. The molecule has 3 rings (SSSR count). The monoisotopic (exact) mass is 406 g/mol. The van der Waals surface area contributed by atoms with Crippen molar-refractivity contribution < 1.29 is 32.3 Å². The molecule has 0 saturated heterocycles. The van der Waals surface area contributed by atoms with E-state index in [4.69, 9.17) is 4.74 Å². The van der Waals surface area contributed by atoms with Gasteiger partial charge in [0, 0.05) is 6.54 Å². The first-order valence-electron chi connectivity index (χ1n) is 8.62. The molecule has 1 aliphatic rings. The Hall–Kier alpha value is -3.36. The molecular weight excluding hydrogens is 389 g/mol. The lowest BCUT2D eigenvalue weighted by Gasteiger charge is -2.26. The fraction of sp³-hybridized carbons (Fsp3) is 0.250. The van der Waals surface area contributed by atoms with Gasteiger partial charge in [0.1, 0.15) is 18.8 Å². The second kappa shape index (κ2) is 7.94. The molecule has 0 atom stereocenters. The summed E-state index contributed by atoms with van der Waals surface area (Å²) >= 11 is 0. The Labute approximate surface area is 164 Å². The quantitative estimate of drug-likeness (QED) is 0.692. The van der Waals surface area contributed by atoms with Crippen molar-refractivity contribution in [3.05, 3.63) is 65.2 Å². The van der Waals surface area contributed by atoms with Crippen LogP contribution >= 0.6 is 0 Å². The number of carbonyl (C=O) groups is 3. The maximum absolute atomic E-state index is 13.0. The number of rotatable bonds is 6. The van der Waals surface area contributed by atoms with Gasteiger partial charge in [-0.3, -0.25) is 19.3 Å². The number of fused-ring (bicyclic) bond motifs is 1. The molecule has 29 heavy (non-hydrogen) atoms. The Kier molecular flexibility index (Phi) is 5.58. The first-order valence-corrected chi connectivity index (χ1v) is 8.62. The number of hydrogen-bond donors (Lipinski definition) is 0. The third-order valence-electron chi connectivity index (χ3n) is 4.43. The van der Waals surface area contributed by atoms with Gasteiger partial charge >= 0.3 is 6.18 Å². The molecule has 0 saturated carbocycles. The zero-order valence-corrected chi connectivity index (χ0v) is 15.4. The lowest BCUT2D eigenvalue weighted by molar-refractivity contribution is -0.162. The highest BCUT2D eigenvalue weighted by Crippen LogP contribution is 2.24. The Morgan fingerprint density at radius 3 is 2.03 bits per heavy atom. The van der Waals surface area contributed by atoms with Crippen LogP contribution in [-0.2, 0) is 11.3 Å². The van der Waals surface area contributed by atoms with Crippen molar-refractivity contribution in [2.45, 2.75) is 12.7 Å². The summed E-state index contributed by atoms with van der Waals surface area (Å²) in [6.45, 7) is -2.59.